The number of anilines is 1. The summed E-state index contributed by atoms with van der Waals surface area (Å²) in [5.74, 6) is 0. The Bertz CT molecular complexity index is 1120. The molecule has 0 spiro atoms. The lowest BCUT2D eigenvalue weighted by Crippen LogP contribution is -2.15. The van der Waals surface area contributed by atoms with Crippen LogP contribution >= 0.6 is 23.2 Å². The van der Waals surface area contributed by atoms with Gasteiger partial charge in [0.1, 0.15) is 0 Å². The van der Waals surface area contributed by atoms with Gasteiger partial charge in [-0.05, 0) is 36.4 Å². The molecule has 4 aromatic rings. The molecule has 7 heteroatoms. The first-order valence-electron chi connectivity index (χ1n) is 7.28. The second-order valence-corrected chi connectivity index (χ2v) is 6.31. The van der Waals surface area contributed by atoms with E-state index < -0.39 is 0 Å². The minimum atomic E-state index is -0.135. The zero-order valence-corrected chi connectivity index (χ0v) is 13.9. The van der Waals surface area contributed by atoms with Crippen LogP contribution in [0.2, 0.25) is 10.0 Å². The number of fused-ring (bicyclic) bond motifs is 2. The lowest BCUT2D eigenvalue weighted by molar-refractivity contribution is 1.09. The molecule has 120 valence electrons. The third kappa shape index (κ3) is 2.72. The van der Waals surface area contributed by atoms with E-state index in [1.807, 2.05) is 18.2 Å². The van der Waals surface area contributed by atoms with Gasteiger partial charge in [0.25, 0.3) is 5.56 Å². The molecule has 0 fully saturated rings. The van der Waals surface area contributed by atoms with E-state index in [4.69, 9.17) is 23.2 Å². The van der Waals surface area contributed by atoms with Crippen molar-refractivity contribution in [3.05, 3.63) is 68.7 Å². The number of nitrogens with zero attached hydrogens (tertiary/aromatic N) is 1. The van der Waals surface area contributed by atoms with Crippen molar-refractivity contribution < 1.29 is 0 Å². The maximum absolute atomic E-state index is 12.2. The predicted molar refractivity (Wildman–Crippen MR) is 98.0 cm³/mol. The molecular formula is C17H12Cl2N4O. The predicted octanol–water partition coefficient (Wildman–Crippen LogP) is 4.32. The maximum Gasteiger partial charge on any atom is 0.253 e. The number of hydrogen-bond acceptors (Lipinski definition) is 3. The Hall–Kier alpha value is -2.50. The highest BCUT2D eigenvalue weighted by Crippen LogP contribution is 2.25. The molecule has 5 nitrogen and oxygen atoms in total. The van der Waals surface area contributed by atoms with Crippen molar-refractivity contribution in [2.24, 2.45) is 0 Å². The smallest absolute Gasteiger partial charge is 0.253 e. The Morgan fingerprint density at radius 1 is 1.12 bits per heavy atom. The number of pyridine rings is 1. The van der Waals surface area contributed by atoms with Gasteiger partial charge in [-0.15, -0.1) is 0 Å². The second kappa shape index (κ2) is 5.85. The molecule has 0 saturated heterocycles. The minimum absolute atomic E-state index is 0.135. The molecule has 3 N–H and O–H groups in total. The van der Waals surface area contributed by atoms with Crippen molar-refractivity contribution in [1.29, 1.82) is 0 Å². The van der Waals surface area contributed by atoms with E-state index in [2.05, 4.69) is 20.3 Å². The summed E-state index contributed by atoms with van der Waals surface area (Å²) in [5.41, 5.74) is 3.59. The van der Waals surface area contributed by atoms with Crippen LogP contribution in [-0.4, -0.2) is 15.0 Å². The van der Waals surface area contributed by atoms with Crippen LogP contribution in [0.5, 0.6) is 0 Å². The monoisotopic (exact) mass is 358 g/mol. The molecule has 2 aromatic carbocycles. The van der Waals surface area contributed by atoms with Crippen LogP contribution in [-0.2, 0) is 6.54 Å². The van der Waals surface area contributed by atoms with Gasteiger partial charge in [-0.2, -0.15) is 0 Å². The van der Waals surface area contributed by atoms with Crippen LogP contribution < -0.4 is 10.9 Å². The van der Waals surface area contributed by atoms with E-state index in [9.17, 15) is 4.79 Å². The Morgan fingerprint density at radius 3 is 2.88 bits per heavy atom. The van der Waals surface area contributed by atoms with Crippen LogP contribution in [0.15, 0.2) is 47.5 Å². The van der Waals surface area contributed by atoms with Gasteiger partial charge in [-0.25, -0.2) is 4.98 Å². The zero-order chi connectivity index (χ0) is 16.7. The van der Waals surface area contributed by atoms with Gasteiger partial charge in [0, 0.05) is 33.7 Å². The van der Waals surface area contributed by atoms with Crippen molar-refractivity contribution in [3.63, 3.8) is 0 Å². The summed E-state index contributed by atoms with van der Waals surface area (Å²) in [6.07, 6.45) is 1.60. The topological polar surface area (TPSA) is 73.6 Å². The number of H-pyrrole nitrogens is 2. The first-order chi connectivity index (χ1) is 11.6. The summed E-state index contributed by atoms with van der Waals surface area (Å²) < 4.78 is 0. The van der Waals surface area contributed by atoms with E-state index in [0.717, 1.165) is 27.6 Å². The summed E-state index contributed by atoms with van der Waals surface area (Å²) in [7, 11) is 0. The highest BCUT2D eigenvalue weighted by atomic mass is 35.5. The van der Waals surface area contributed by atoms with Crippen LogP contribution in [0, 0.1) is 0 Å². The standard InChI is InChI=1S/C17H12Cl2N4O/c18-11-1-2-14-9(4-11)3-10(17(24)23-14)7-20-12-5-13(19)16-15(6-12)21-8-22-16/h1-6,8,20H,7H2,(H,21,22)(H,23,24). The summed E-state index contributed by atoms with van der Waals surface area (Å²) in [5, 5.41) is 5.31. The fourth-order valence-electron chi connectivity index (χ4n) is 2.66. The molecule has 0 aliphatic carbocycles. The average Bonchev–Trinajstić information content (AvgIpc) is 3.02. The Kier molecular flexibility index (Phi) is 3.67. The maximum atomic E-state index is 12.2. The summed E-state index contributed by atoms with van der Waals surface area (Å²) in [4.78, 5) is 22.3. The summed E-state index contributed by atoms with van der Waals surface area (Å²) in [6, 6.07) is 10.9. The molecule has 2 heterocycles. The van der Waals surface area contributed by atoms with Crippen LogP contribution in [0.25, 0.3) is 21.9 Å². The Balaban J connectivity index is 1.65. The summed E-state index contributed by atoms with van der Waals surface area (Å²) in [6.45, 7) is 0.365. The van der Waals surface area contributed by atoms with E-state index in [1.54, 1.807) is 24.5 Å². The van der Waals surface area contributed by atoms with E-state index in [0.29, 0.717) is 22.2 Å². The molecule has 0 saturated carbocycles. The lowest BCUT2D eigenvalue weighted by Gasteiger charge is -2.08. The van der Waals surface area contributed by atoms with Crippen molar-refractivity contribution >= 4 is 50.8 Å². The SMILES string of the molecule is O=c1[nH]c2ccc(Cl)cc2cc1CNc1cc(Cl)c2[nH]cnc2c1. The molecule has 0 aliphatic heterocycles. The van der Waals surface area contributed by atoms with E-state index in [-0.39, 0.29) is 5.56 Å². The van der Waals surface area contributed by atoms with Crippen molar-refractivity contribution in [2.45, 2.75) is 6.54 Å². The third-order valence-corrected chi connectivity index (χ3v) is 4.38. The molecule has 4 rings (SSSR count). The Morgan fingerprint density at radius 2 is 2.00 bits per heavy atom. The fourth-order valence-corrected chi connectivity index (χ4v) is 3.11. The molecule has 0 amide bonds. The van der Waals surface area contributed by atoms with E-state index >= 15 is 0 Å². The van der Waals surface area contributed by atoms with Gasteiger partial charge in [0.2, 0.25) is 0 Å². The number of nitrogens with one attached hydrogen (secondary N) is 3. The van der Waals surface area contributed by atoms with Gasteiger partial charge < -0.3 is 15.3 Å². The number of benzene rings is 2. The molecular weight excluding hydrogens is 347 g/mol. The molecule has 0 unspecified atom stereocenters. The molecule has 0 bridgehead atoms. The number of aromatic nitrogens is 3. The zero-order valence-electron chi connectivity index (χ0n) is 12.4. The highest BCUT2D eigenvalue weighted by molar-refractivity contribution is 6.35. The molecule has 0 aliphatic rings. The van der Waals surface area contributed by atoms with Crippen LogP contribution in [0.3, 0.4) is 0 Å². The van der Waals surface area contributed by atoms with Crippen molar-refractivity contribution in [2.75, 3.05) is 5.32 Å². The second-order valence-electron chi connectivity index (χ2n) is 5.46. The molecule has 24 heavy (non-hydrogen) atoms. The molecule has 2 aromatic heterocycles. The number of aromatic amines is 2. The number of rotatable bonds is 3. The number of halogens is 2. The van der Waals surface area contributed by atoms with Crippen molar-refractivity contribution in [3.8, 4) is 0 Å². The van der Waals surface area contributed by atoms with Crippen LogP contribution in [0.1, 0.15) is 5.56 Å². The Labute approximate surface area is 146 Å². The fraction of sp³-hybridized carbons (Fsp3) is 0.0588. The van der Waals surface area contributed by atoms with Gasteiger partial charge in [-0.1, -0.05) is 23.2 Å². The third-order valence-electron chi connectivity index (χ3n) is 3.85. The first kappa shape index (κ1) is 15.1. The quantitative estimate of drug-likeness (QED) is 0.510. The van der Waals surface area contributed by atoms with Gasteiger partial charge in [0.05, 0.1) is 22.4 Å². The first-order valence-corrected chi connectivity index (χ1v) is 8.04. The number of imidazole rings is 1. The largest absolute Gasteiger partial charge is 0.381 e. The molecule has 0 radical (unpaired) electrons. The number of hydrogen-bond donors (Lipinski definition) is 3. The lowest BCUT2D eigenvalue weighted by atomic mass is 10.1. The normalized spacial score (nSPS) is 11.2. The highest BCUT2D eigenvalue weighted by Gasteiger charge is 2.07. The van der Waals surface area contributed by atoms with Gasteiger partial charge in [-0.3, -0.25) is 4.79 Å². The van der Waals surface area contributed by atoms with Gasteiger partial charge >= 0.3 is 0 Å². The van der Waals surface area contributed by atoms with Crippen LogP contribution in [0.4, 0.5) is 5.69 Å². The van der Waals surface area contributed by atoms with Crippen molar-refractivity contribution in [1.82, 2.24) is 15.0 Å². The van der Waals surface area contributed by atoms with E-state index in [1.165, 1.54) is 0 Å². The summed E-state index contributed by atoms with van der Waals surface area (Å²) >= 11 is 12.2. The molecule has 0 atom stereocenters. The average molecular weight is 359 g/mol. The van der Waals surface area contributed by atoms with Gasteiger partial charge in [0.15, 0.2) is 0 Å². The minimum Gasteiger partial charge on any atom is -0.381 e.